The van der Waals surface area contributed by atoms with Crippen LogP contribution >= 0.6 is 46.4 Å². The standard InChI is InChI=1S/C27H28Cl4N2O6/c1-17-6-9-20(14-22(17)28)15-23(26(36)39-16-27(29,30)31)32-25(35)5-3-4-24(34)18(2)7-8-19-10-12-21(13-11-19)33(37)38/h3,5-14,18,23-24,34H,4,15-16H2,1-2H3,(H,32,35)/b5-3+,8-7+. The maximum Gasteiger partial charge on any atom is 0.329 e. The van der Waals surface area contributed by atoms with Crippen LogP contribution in [0.4, 0.5) is 5.69 Å². The van der Waals surface area contributed by atoms with E-state index in [4.69, 9.17) is 51.1 Å². The highest BCUT2D eigenvalue weighted by Gasteiger charge is 2.27. The maximum absolute atomic E-state index is 12.6. The van der Waals surface area contributed by atoms with E-state index in [0.717, 1.165) is 11.1 Å². The van der Waals surface area contributed by atoms with E-state index < -0.39 is 39.3 Å². The minimum atomic E-state index is -1.81. The number of aryl methyl sites for hydroxylation is 1. The van der Waals surface area contributed by atoms with Crippen molar-refractivity contribution >= 4 is 70.0 Å². The number of alkyl halides is 3. The van der Waals surface area contributed by atoms with Gasteiger partial charge in [0, 0.05) is 29.5 Å². The Labute approximate surface area is 246 Å². The Morgan fingerprint density at radius 2 is 1.85 bits per heavy atom. The van der Waals surface area contributed by atoms with E-state index in [1.54, 1.807) is 49.4 Å². The molecule has 0 aromatic heterocycles. The van der Waals surface area contributed by atoms with Crippen LogP contribution < -0.4 is 5.32 Å². The van der Waals surface area contributed by atoms with Gasteiger partial charge in [0.1, 0.15) is 12.6 Å². The van der Waals surface area contributed by atoms with Crippen LogP contribution in [0.3, 0.4) is 0 Å². The lowest BCUT2D eigenvalue weighted by molar-refractivity contribution is -0.384. The van der Waals surface area contributed by atoms with Gasteiger partial charge in [-0.2, -0.15) is 0 Å². The fourth-order valence-electron chi connectivity index (χ4n) is 3.29. The molecule has 2 aromatic carbocycles. The van der Waals surface area contributed by atoms with Crippen molar-refractivity contribution in [2.24, 2.45) is 5.92 Å². The average molecular weight is 618 g/mol. The summed E-state index contributed by atoms with van der Waals surface area (Å²) in [7, 11) is 0. The second-order valence-corrected chi connectivity index (χ2v) is 11.8. The first-order valence-electron chi connectivity index (χ1n) is 11.8. The van der Waals surface area contributed by atoms with Gasteiger partial charge in [-0.05, 0) is 54.3 Å². The quantitative estimate of drug-likeness (QED) is 0.0969. The van der Waals surface area contributed by atoms with Crippen molar-refractivity contribution in [3.05, 3.63) is 92.5 Å². The highest BCUT2D eigenvalue weighted by molar-refractivity contribution is 6.67. The zero-order chi connectivity index (χ0) is 29.2. The van der Waals surface area contributed by atoms with Gasteiger partial charge >= 0.3 is 5.97 Å². The van der Waals surface area contributed by atoms with Gasteiger partial charge in [0.15, 0.2) is 0 Å². The lowest BCUT2D eigenvalue weighted by atomic mass is 10.00. The normalized spacial score (nSPS) is 14.2. The predicted octanol–water partition coefficient (Wildman–Crippen LogP) is 6.15. The van der Waals surface area contributed by atoms with E-state index in [1.165, 1.54) is 24.3 Å². The lowest BCUT2D eigenvalue weighted by Crippen LogP contribution is -2.43. The van der Waals surface area contributed by atoms with Gasteiger partial charge in [0.05, 0.1) is 11.0 Å². The Morgan fingerprint density at radius 3 is 2.44 bits per heavy atom. The van der Waals surface area contributed by atoms with Crippen LogP contribution in [0.1, 0.15) is 30.0 Å². The monoisotopic (exact) mass is 616 g/mol. The van der Waals surface area contributed by atoms with Crippen molar-refractivity contribution in [2.75, 3.05) is 6.61 Å². The number of rotatable bonds is 12. The van der Waals surface area contributed by atoms with Gasteiger partial charge in [0.25, 0.3) is 5.69 Å². The molecular weight excluding hydrogens is 590 g/mol. The number of nitrogens with zero attached hydrogens (tertiary/aromatic N) is 1. The molecule has 210 valence electrons. The molecule has 0 fully saturated rings. The minimum absolute atomic E-state index is 0.00734. The maximum atomic E-state index is 12.6. The van der Waals surface area contributed by atoms with Crippen LogP contribution in [-0.2, 0) is 20.7 Å². The van der Waals surface area contributed by atoms with Crippen LogP contribution in [0.2, 0.25) is 5.02 Å². The van der Waals surface area contributed by atoms with Crippen molar-refractivity contribution in [3.8, 4) is 0 Å². The van der Waals surface area contributed by atoms with Gasteiger partial charge in [-0.1, -0.05) is 83.7 Å². The molecule has 3 unspecified atom stereocenters. The van der Waals surface area contributed by atoms with Crippen molar-refractivity contribution < 1.29 is 24.4 Å². The minimum Gasteiger partial charge on any atom is -0.460 e. The molecule has 0 saturated carbocycles. The van der Waals surface area contributed by atoms with Crippen molar-refractivity contribution in [1.29, 1.82) is 0 Å². The number of nitro benzene ring substituents is 1. The second kappa shape index (κ2) is 15.2. The van der Waals surface area contributed by atoms with E-state index in [1.807, 2.05) is 6.92 Å². The number of hydrogen-bond donors (Lipinski definition) is 2. The second-order valence-electron chi connectivity index (χ2n) is 8.84. The molecule has 0 aliphatic heterocycles. The fraction of sp³-hybridized carbons (Fsp3) is 0.333. The summed E-state index contributed by atoms with van der Waals surface area (Å²) >= 11 is 23.2. The first-order valence-corrected chi connectivity index (χ1v) is 13.3. The van der Waals surface area contributed by atoms with Crippen LogP contribution in [0.25, 0.3) is 6.08 Å². The first kappa shape index (κ1) is 32.6. The molecule has 39 heavy (non-hydrogen) atoms. The number of nitro groups is 1. The summed E-state index contributed by atoms with van der Waals surface area (Å²) in [6, 6.07) is 10.2. The molecule has 0 spiro atoms. The number of benzene rings is 2. The first-order chi connectivity index (χ1) is 18.2. The smallest absolute Gasteiger partial charge is 0.329 e. The third-order valence-corrected chi connectivity index (χ3v) is 6.34. The Balaban J connectivity index is 1.98. The molecule has 1 amide bonds. The average Bonchev–Trinajstić information content (AvgIpc) is 2.87. The third-order valence-electron chi connectivity index (χ3n) is 5.61. The van der Waals surface area contributed by atoms with E-state index in [0.29, 0.717) is 10.6 Å². The van der Waals surface area contributed by atoms with Crippen LogP contribution in [-0.4, -0.2) is 44.5 Å². The van der Waals surface area contributed by atoms with E-state index in [2.05, 4.69) is 5.32 Å². The molecule has 2 N–H and O–H groups in total. The number of halogens is 4. The van der Waals surface area contributed by atoms with E-state index >= 15 is 0 Å². The van der Waals surface area contributed by atoms with Crippen LogP contribution in [0, 0.1) is 23.0 Å². The number of non-ortho nitro benzene ring substituents is 1. The Hall–Kier alpha value is -2.62. The Bertz CT molecular complexity index is 1210. The zero-order valence-corrected chi connectivity index (χ0v) is 24.2. The lowest BCUT2D eigenvalue weighted by Gasteiger charge is -2.19. The fourth-order valence-corrected chi connectivity index (χ4v) is 3.66. The van der Waals surface area contributed by atoms with Crippen molar-refractivity contribution in [3.63, 3.8) is 0 Å². The van der Waals surface area contributed by atoms with E-state index in [-0.39, 0.29) is 24.4 Å². The molecule has 12 heteroatoms. The number of carbonyl (C=O) groups is 2. The molecule has 0 saturated heterocycles. The molecule has 0 heterocycles. The molecule has 0 aliphatic rings. The Morgan fingerprint density at radius 1 is 1.18 bits per heavy atom. The molecule has 0 bridgehead atoms. The Kier molecular flexibility index (Phi) is 12.7. The molecule has 0 aliphatic carbocycles. The SMILES string of the molecule is Cc1ccc(CC(NC(=O)/C=C/CC(O)C(C)/C=C/c2ccc([N+](=O)[O-])cc2)C(=O)OCC(Cl)(Cl)Cl)cc1Cl. The summed E-state index contributed by atoms with van der Waals surface area (Å²) in [5.41, 5.74) is 2.29. The number of hydrogen-bond acceptors (Lipinski definition) is 6. The molecular formula is C27H28Cl4N2O6. The summed E-state index contributed by atoms with van der Waals surface area (Å²) in [6.45, 7) is 3.14. The van der Waals surface area contributed by atoms with Gasteiger partial charge in [-0.15, -0.1) is 0 Å². The molecule has 8 nitrogen and oxygen atoms in total. The number of ether oxygens (including phenoxy) is 1. The number of carbonyl (C=O) groups excluding carboxylic acids is 2. The van der Waals surface area contributed by atoms with Crippen LogP contribution in [0.15, 0.2) is 60.7 Å². The third kappa shape index (κ3) is 12.0. The highest BCUT2D eigenvalue weighted by Crippen LogP contribution is 2.26. The summed E-state index contributed by atoms with van der Waals surface area (Å²) in [5.74, 6) is -1.64. The van der Waals surface area contributed by atoms with Gasteiger partial charge in [0.2, 0.25) is 9.70 Å². The molecule has 2 aromatic rings. The number of aliphatic hydroxyl groups excluding tert-OH is 1. The summed E-state index contributed by atoms with van der Waals surface area (Å²) in [6.07, 6.45) is 5.67. The van der Waals surface area contributed by atoms with Crippen LogP contribution in [0.5, 0.6) is 0 Å². The number of esters is 1. The number of aliphatic hydroxyl groups is 1. The molecule has 0 radical (unpaired) electrons. The van der Waals surface area contributed by atoms with Gasteiger partial charge < -0.3 is 15.2 Å². The van der Waals surface area contributed by atoms with Crippen molar-refractivity contribution in [1.82, 2.24) is 5.32 Å². The summed E-state index contributed by atoms with van der Waals surface area (Å²) in [4.78, 5) is 35.5. The molecule has 2 rings (SSSR count). The van der Waals surface area contributed by atoms with E-state index in [9.17, 15) is 24.8 Å². The number of amides is 1. The largest absolute Gasteiger partial charge is 0.460 e. The zero-order valence-electron chi connectivity index (χ0n) is 21.2. The number of nitrogens with one attached hydrogen (secondary N) is 1. The summed E-state index contributed by atoms with van der Waals surface area (Å²) < 4.78 is 3.26. The van der Waals surface area contributed by atoms with Gasteiger partial charge in [-0.3, -0.25) is 14.9 Å². The topological polar surface area (TPSA) is 119 Å². The highest BCUT2D eigenvalue weighted by atomic mass is 35.6. The summed E-state index contributed by atoms with van der Waals surface area (Å²) in [5, 5.41) is 24.3. The van der Waals surface area contributed by atoms with Crippen molar-refractivity contribution in [2.45, 2.75) is 42.6 Å². The van der Waals surface area contributed by atoms with Gasteiger partial charge in [-0.25, -0.2) is 4.79 Å². The predicted molar refractivity (Wildman–Crippen MR) is 154 cm³/mol. The molecule has 3 atom stereocenters.